The number of nitrogens with one attached hydrogen (secondary N) is 3. The fraction of sp³-hybridized carbons (Fsp3) is 0.392. The number of rotatable bonds is 27. The van der Waals surface area contributed by atoms with Gasteiger partial charge in [-0.1, -0.05) is 77.8 Å². The highest BCUT2D eigenvalue weighted by molar-refractivity contribution is 7.84. The Hall–Kier alpha value is -7.86. The molecule has 12 atom stereocenters. The molecular weight excluding hydrogens is 1580 g/mol. The van der Waals surface area contributed by atoms with Crippen molar-refractivity contribution in [3.8, 4) is 0 Å². The van der Waals surface area contributed by atoms with Crippen LogP contribution in [0.3, 0.4) is 0 Å². The van der Waals surface area contributed by atoms with Crippen LogP contribution in [0.4, 0.5) is 11.6 Å². The molecule has 9 aromatic rings. The summed E-state index contributed by atoms with van der Waals surface area (Å²) in [6.07, 6.45) is 10.8. The maximum Gasteiger partial charge on any atom is 0.333 e. The molecule has 30 nitrogen and oxygen atoms in total. The summed E-state index contributed by atoms with van der Waals surface area (Å²) in [7, 11) is -12.4. The molecule has 0 spiro atoms. The Morgan fingerprint density at radius 3 is 1.79 bits per heavy atom. The predicted octanol–water partition coefficient (Wildman–Crippen LogP) is 7.39. The van der Waals surface area contributed by atoms with Crippen LogP contribution in [0, 0.1) is 30.6 Å². The van der Waals surface area contributed by atoms with Crippen LogP contribution in [0.5, 0.6) is 0 Å². The normalized spacial score (nSPS) is 24.5. The lowest BCUT2D eigenvalue weighted by molar-refractivity contribution is 0.00778. The first-order chi connectivity index (χ1) is 52.9. The number of furan rings is 1. The Kier molecular flexibility index (Phi) is 26.5. The average Bonchev–Trinajstić information content (AvgIpc) is 1.63. The Morgan fingerprint density at radius 1 is 0.604 bits per heavy atom. The molecular formula is C74H82Cl2N12O18S5. The summed E-state index contributed by atoms with van der Waals surface area (Å²) in [4.78, 5) is 66.4. The van der Waals surface area contributed by atoms with Crippen molar-refractivity contribution in [1.82, 2.24) is 35.2 Å². The molecule has 5 aliphatic rings. The number of anilines is 2. The van der Waals surface area contributed by atoms with Crippen LogP contribution in [0.1, 0.15) is 149 Å². The first-order valence-corrected chi connectivity index (χ1v) is 42.4. The van der Waals surface area contributed by atoms with Gasteiger partial charge in [-0.2, -0.15) is 25.3 Å². The van der Waals surface area contributed by atoms with Crippen molar-refractivity contribution < 1.29 is 81.8 Å². The molecule has 8 heterocycles. The molecule has 2 aliphatic heterocycles. The van der Waals surface area contributed by atoms with Crippen molar-refractivity contribution in [2.24, 2.45) is 39.1 Å². The van der Waals surface area contributed by atoms with Crippen LogP contribution in [0.2, 0.25) is 10.0 Å². The van der Waals surface area contributed by atoms with E-state index in [0.29, 0.717) is 93.3 Å². The minimum Gasteiger partial charge on any atom is -0.458 e. The van der Waals surface area contributed by atoms with E-state index >= 15 is 0 Å². The minimum atomic E-state index is -4.19. The molecule has 0 amide bonds. The number of aliphatic hydroxyl groups is 4. The number of halogens is 2. The van der Waals surface area contributed by atoms with Crippen molar-refractivity contribution in [2.75, 3.05) is 43.6 Å². The number of aliphatic hydroxyl groups excluding tert-OH is 4. The lowest BCUT2D eigenvalue weighted by Crippen LogP contribution is -2.37. The first-order valence-electron chi connectivity index (χ1n) is 35.4. The van der Waals surface area contributed by atoms with Crippen molar-refractivity contribution in [1.29, 1.82) is 0 Å². The SMILES string of the molecule is Cc1oc(C(=O)c2cncnc2C[C@@H]2C[C@H](COS(N)(=O)=O)[C@@H](O)C2)cc1Cc1cccc(Cl)c1.NS(=O)(=O)OC[C@H]1C[C@@H](Nc2ncncc2C(=O)c2cc(C3(c4cccc(Cl)c4)CCCN3)cs2)[C@H](O)[C@@H]1O.NS(=O)(=O)OC[C@H]1C[C@@H](Nc2ncncc2C(=O)c2cc(C3(c4ccccc4)CCCO3)cs2)C[C@@H]1O. The predicted molar refractivity (Wildman–Crippen MR) is 411 cm³/mol. The summed E-state index contributed by atoms with van der Waals surface area (Å²) in [5.74, 6) is -0.955. The van der Waals surface area contributed by atoms with Gasteiger partial charge in [-0.15, -0.1) is 22.7 Å². The molecule has 14 rings (SSSR count). The second-order valence-corrected chi connectivity index (χ2v) is 34.4. The number of ether oxygens (including phenoxy) is 1. The topological polar surface area (TPSA) is 476 Å². The number of hydrogen-bond donors (Lipinski definition) is 10. The number of aryl methyl sites for hydroxylation is 1. The standard InChI is InChI=1S/C25H28ClN5O6S2.C25H28N4O6S2.C24H26ClN3O6S/c26-17-4-1-3-15(8-17)25(5-2-6-30-25)16-9-20(38-12-16)22(33)18-10-28-13-29-24(18)31-19-7-14(21(32)23(19)34)11-37-39(27,35)36;26-37(32,33)35-13-16-9-19(11-21(16)30)29-24-20(12-27-15-28-24)23(31)22-10-18(14-36-22)25(7-4-8-34-25)17-5-2-1-3-6-17;1-14-17(5-15-3-2-4-19(25)7-15)10-23(34-14)24(30)20-11-27-13-28-21(20)8-16-6-18(22(29)9-16)12-33-35(26,31)32/h1,3-4,8-10,12-14,19,21,23,30,32,34H,2,5-7,11H2,(H2,27,35,36)(H,28,29,31);1-3,5-6,10,12,14-16,19,21,30H,4,7-9,11,13H2,(H2,26,32,33)(H,27,28,29);2-4,7,10-11,13,16,18,22,29H,5-6,8-9,12H2,1H3,(H2,26,31,32)/t14-,19-,21-,23+,25?;16-,19-,21+,25?;16-,18+,22-/m110/s1. The highest BCUT2D eigenvalue weighted by Gasteiger charge is 2.45. The lowest BCUT2D eigenvalue weighted by Gasteiger charge is -2.30. The zero-order valence-corrected chi connectivity index (χ0v) is 65.3. The first kappa shape index (κ1) is 82.6. The molecule has 590 valence electrons. The second kappa shape index (κ2) is 35.7. The molecule has 13 N–H and O–H groups in total. The summed E-state index contributed by atoms with van der Waals surface area (Å²) in [6, 6.07) is 29.8. The van der Waals surface area contributed by atoms with Crippen LogP contribution in [0.15, 0.2) is 150 Å². The number of carbonyl (C=O) groups is 3. The smallest absolute Gasteiger partial charge is 0.333 e. The van der Waals surface area contributed by atoms with Crippen LogP contribution in [-0.4, -0.2) is 162 Å². The third kappa shape index (κ3) is 20.6. The number of nitrogens with zero attached hydrogens (tertiary/aromatic N) is 6. The van der Waals surface area contributed by atoms with Crippen molar-refractivity contribution >= 4 is 106 Å². The third-order valence-electron chi connectivity index (χ3n) is 20.5. The van der Waals surface area contributed by atoms with E-state index in [1.54, 1.807) is 12.1 Å². The molecule has 3 aromatic carbocycles. The second-order valence-electron chi connectivity index (χ2n) is 28.0. The summed E-state index contributed by atoms with van der Waals surface area (Å²) in [5.41, 5.74) is 6.26. The van der Waals surface area contributed by atoms with E-state index in [0.717, 1.165) is 65.6 Å². The van der Waals surface area contributed by atoms with Gasteiger partial charge in [0.05, 0.1) is 81.9 Å². The van der Waals surface area contributed by atoms with Gasteiger partial charge in [0.1, 0.15) is 48.1 Å². The quantitative estimate of drug-likeness (QED) is 0.0224. The number of hydrogen-bond acceptors (Lipinski definition) is 29. The molecule has 5 fully saturated rings. The lowest BCUT2D eigenvalue weighted by atomic mass is 9.83. The van der Waals surface area contributed by atoms with Gasteiger partial charge in [-0.25, -0.2) is 45.3 Å². The molecule has 0 bridgehead atoms. The number of aromatic nitrogens is 6. The zero-order valence-electron chi connectivity index (χ0n) is 59.7. The Bertz CT molecular complexity index is 5150. The van der Waals surface area contributed by atoms with Gasteiger partial charge in [-0.3, -0.25) is 26.9 Å². The molecule has 6 aromatic heterocycles. The van der Waals surface area contributed by atoms with Crippen molar-refractivity contribution in [2.45, 2.75) is 125 Å². The summed E-state index contributed by atoms with van der Waals surface area (Å²) in [5, 5.41) is 71.4. The van der Waals surface area contributed by atoms with E-state index in [1.807, 2.05) is 90.5 Å². The van der Waals surface area contributed by atoms with Crippen LogP contribution in [0.25, 0.3) is 0 Å². The van der Waals surface area contributed by atoms with Gasteiger partial charge in [0, 0.05) is 65.5 Å². The van der Waals surface area contributed by atoms with Crippen LogP contribution < -0.4 is 31.4 Å². The van der Waals surface area contributed by atoms with Gasteiger partial charge in [0.25, 0.3) is 0 Å². The van der Waals surface area contributed by atoms with Gasteiger partial charge in [0.2, 0.25) is 17.3 Å². The fourth-order valence-electron chi connectivity index (χ4n) is 15.1. The van der Waals surface area contributed by atoms with E-state index in [9.17, 15) is 60.1 Å². The number of carbonyl (C=O) groups excluding carboxylic acids is 3. The number of thiophene rings is 2. The van der Waals surface area contributed by atoms with Crippen LogP contribution in [-0.2, 0) is 72.2 Å². The maximum absolute atomic E-state index is 13.6. The van der Waals surface area contributed by atoms with E-state index in [4.69, 9.17) is 47.8 Å². The number of benzene rings is 3. The maximum atomic E-state index is 13.6. The molecule has 2 unspecified atom stereocenters. The number of nitrogens with two attached hydrogens (primary N) is 3. The molecule has 3 saturated carbocycles. The van der Waals surface area contributed by atoms with Gasteiger partial charge in [-0.05, 0) is 170 Å². The zero-order chi connectivity index (χ0) is 79.0. The van der Waals surface area contributed by atoms with Crippen molar-refractivity contribution in [3.63, 3.8) is 0 Å². The Balaban J connectivity index is 0.000000155. The van der Waals surface area contributed by atoms with Gasteiger partial charge >= 0.3 is 30.9 Å². The molecule has 0 radical (unpaired) electrons. The van der Waals surface area contributed by atoms with Gasteiger partial charge < -0.3 is 45.5 Å². The van der Waals surface area contributed by atoms with Crippen LogP contribution >= 0.6 is 45.9 Å². The van der Waals surface area contributed by atoms with Gasteiger partial charge in [0.15, 0.2) is 5.76 Å². The van der Waals surface area contributed by atoms with E-state index in [-0.39, 0.29) is 78.6 Å². The minimum absolute atomic E-state index is 0.0164. The highest BCUT2D eigenvalue weighted by atomic mass is 35.5. The van der Waals surface area contributed by atoms with E-state index in [1.165, 1.54) is 60.2 Å². The van der Waals surface area contributed by atoms with Crippen molar-refractivity contribution in [3.05, 3.63) is 232 Å². The molecule has 111 heavy (non-hydrogen) atoms. The Morgan fingerprint density at radius 2 is 1.18 bits per heavy atom. The summed E-state index contributed by atoms with van der Waals surface area (Å²) >= 11 is 15.0. The summed E-state index contributed by atoms with van der Waals surface area (Å²) < 4.78 is 92.6. The third-order valence-corrected chi connectivity index (χ3v) is 24.2. The van der Waals surface area contributed by atoms with E-state index < -0.39 is 84.3 Å². The largest absolute Gasteiger partial charge is 0.458 e. The summed E-state index contributed by atoms with van der Waals surface area (Å²) in [6.45, 7) is 2.52. The average molecular weight is 1660 g/mol. The Labute approximate surface area is 658 Å². The highest BCUT2D eigenvalue weighted by Crippen LogP contribution is 2.46. The fourth-order valence-corrected chi connectivity index (χ4v) is 18.4. The molecule has 3 aliphatic carbocycles. The monoisotopic (exact) mass is 1660 g/mol. The van der Waals surface area contributed by atoms with E-state index in [2.05, 4.69) is 70.5 Å². The number of ketones is 3. The molecule has 37 heteroatoms. The molecule has 2 saturated heterocycles.